The van der Waals surface area contributed by atoms with E-state index in [9.17, 15) is 0 Å². The van der Waals surface area contributed by atoms with Crippen LogP contribution in [0.5, 0.6) is 0 Å². The fourth-order valence-corrected chi connectivity index (χ4v) is 0.728. The van der Waals surface area contributed by atoms with Crippen LogP contribution in [-0.2, 0) is 4.74 Å². The summed E-state index contributed by atoms with van der Waals surface area (Å²) >= 11 is 0. The fraction of sp³-hybridized carbons (Fsp3) is 0.714. The first-order valence-corrected chi connectivity index (χ1v) is 3.26. The molecular weight excluding hydrogens is 130 g/mol. The quantitative estimate of drug-likeness (QED) is 0.531. The van der Waals surface area contributed by atoms with E-state index in [1.165, 1.54) is 0 Å². The molecule has 0 aliphatic carbocycles. The van der Waals surface area contributed by atoms with Crippen LogP contribution in [-0.4, -0.2) is 31.0 Å². The summed E-state index contributed by atoms with van der Waals surface area (Å²) in [6.07, 6.45) is 2.30. The summed E-state index contributed by atoms with van der Waals surface area (Å²) in [5.41, 5.74) is 5.49. The van der Waals surface area contributed by atoms with Crippen molar-refractivity contribution in [1.82, 2.24) is 0 Å². The van der Waals surface area contributed by atoms with Gasteiger partial charge in [0.2, 0.25) is 0 Å². The first-order chi connectivity index (χ1) is 4.76. The van der Waals surface area contributed by atoms with Crippen LogP contribution in [0.15, 0.2) is 12.7 Å². The van der Waals surface area contributed by atoms with Gasteiger partial charge >= 0.3 is 0 Å². The van der Waals surface area contributed by atoms with Crippen molar-refractivity contribution in [2.24, 2.45) is 5.73 Å². The van der Waals surface area contributed by atoms with Crippen molar-refractivity contribution in [3.05, 3.63) is 12.7 Å². The van der Waals surface area contributed by atoms with Gasteiger partial charge in [-0.05, 0) is 6.42 Å². The van der Waals surface area contributed by atoms with E-state index in [1.54, 1.807) is 13.2 Å². The van der Waals surface area contributed by atoms with Gasteiger partial charge in [0.05, 0.1) is 18.8 Å². The first-order valence-electron chi connectivity index (χ1n) is 3.26. The molecule has 60 valence electrons. The molecule has 0 aromatic rings. The maximum Gasteiger partial charge on any atom is 0.0778 e. The zero-order valence-electron chi connectivity index (χ0n) is 6.29. The Morgan fingerprint density at radius 2 is 2.40 bits per heavy atom. The summed E-state index contributed by atoms with van der Waals surface area (Å²) in [6, 6.07) is -0.303. The van der Waals surface area contributed by atoms with E-state index in [0.29, 0.717) is 6.42 Å². The Morgan fingerprint density at radius 1 is 1.80 bits per heavy atom. The van der Waals surface area contributed by atoms with Crippen LogP contribution in [0.1, 0.15) is 6.42 Å². The molecule has 3 N–H and O–H groups in total. The minimum Gasteiger partial charge on any atom is -0.395 e. The predicted octanol–water partition coefficient (Wildman–Crippen LogP) is -0.103. The van der Waals surface area contributed by atoms with Crippen LogP contribution >= 0.6 is 0 Å². The van der Waals surface area contributed by atoms with Gasteiger partial charge in [0, 0.05) is 7.11 Å². The third-order valence-electron chi connectivity index (χ3n) is 1.39. The van der Waals surface area contributed by atoms with E-state index in [1.807, 2.05) is 0 Å². The molecule has 0 aromatic carbocycles. The third kappa shape index (κ3) is 2.96. The van der Waals surface area contributed by atoms with E-state index in [2.05, 4.69) is 6.58 Å². The van der Waals surface area contributed by atoms with Crippen LogP contribution < -0.4 is 5.73 Å². The van der Waals surface area contributed by atoms with Crippen molar-refractivity contribution in [3.8, 4) is 0 Å². The Labute approximate surface area is 61.5 Å². The standard InChI is InChI=1S/C7H15NO2/c1-3-4-7(10-2)6(8)5-9/h3,6-7,9H,1,4-5,8H2,2H3/t6-,7+/m0/s1. The highest BCUT2D eigenvalue weighted by atomic mass is 16.5. The second-order valence-corrected chi connectivity index (χ2v) is 2.14. The van der Waals surface area contributed by atoms with E-state index in [4.69, 9.17) is 15.6 Å². The smallest absolute Gasteiger partial charge is 0.0778 e. The number of hydrogen-bond donors (Lipinski definition) is 2. The van der Waals surface area contributed by atoms with Gasteiger partial charge in [-0.1, -0.05) is 6.08 Å². The van der Waals surface area contributed by atoms with Crippen LogP contribution in [0.2, 0.25) is 0 Å². The van der Waals surface area contributed by atoms with Crippen LogP contribution in [0.3, 0.4) is 0 Å². The normalized spacial score (nSPS) is 16.3. The molecule has 0 bridgehead atoms. The number of rotatable bonds is 5. The topological polar surface area (TPSA) is 55.5 Å². The number of aliphatic hydroxyl groups is 1. The highest BCUT2D eigenvalue weighted by Gasteiger charge is 2.13. The Kier molecular flexibility index (Phi) is 5.20. The molecule has 0 unspecified atom stereocenters. The summed E-state index contributed by atoms with van der Waals surface area (Å²) in [7, 11) is 1.57. The molecule has 0 aliphatic heterocycles. The molecule has 3 nitrogen and oxygen atoms in total. The summed E-state index contributed by atoms with van der Waals surface area (Å²) in [5, 5.41) is 8.62. The molecule has 0 heterocycles. The van der Waals surface area contributed by atoms with Crippen molar-refractivity contribution in [1.29, 1.82) is 0 Å². The van der Waals surface area contributed by atoms with Crippen LogP contribution in [0.4, 0.5) is 0 Å². The Hall–Kier alpha value is -0.380. The molecule has 0 saturated heterocycles. The predicted molar refractivity (Wildman–Crippen MR) is 40.7 cm³/mol. The summed E-state index contributed by atoms with van der Waals surface area (Å²) in [5.74, 6) is 0. The zero-order chi connectivity index (χ0) is 7.98. The Balaban J connectivity index is 3.67. The number of aliphatic hydroxyl groups excluding tert-OH is 1. The van der Waals surface area contributed by atoms with Crippen LogP contribution in [0.25, 0.3) is 0 Å². The fourth-order valence-electron chi connectivity index (χ4n) is 0.728. The van der Waals surface area contributed by atoms with E-state index >= 15 is 0 Å². The van der Waals surface area contributed by atoms with Gasteiger partial charge in [-0.25, -0.2) is 0 Å². The summed E-state index contributed by atoms with van der Waals surface area (Å²) < 4.78 is 4.99. The highest BCUT2D eigenvalue weighted by Crippen LogP contribution is 2.00. The molecule has 0 radical (unpaired) electrons. The molecule has 0 saturated carbocycles. The lowest BCUT2D eigenvalue weighted by molar-refractivity contribution is 0.0618. The maximum absolute atomic E-state index is 8.62. The Morgan fingerprint density at radius 3 is 2.70 bits per heavy atom. The molecular formula is C7H15NO2. The number of hydrogen-bond acceptors (Lipinski definition) is 3. The van der Waals surface area contributed by atoms with E-state index in [0.717, 1.165) is 0 Å². The maximum atomic E-state index is 8.62. The van der Waals surface area contributed by atoms with Crippen molar-refractivity contribution in [3.63, 3.8) is 0 Å². The average molecular weight is 145 g/mol. The van der Waals surface area contributed by atoms with Gasteiger partial charge in [-0.15, -0.1) is 6.58 Å². The summed E-state index contributed by atoms with van der Waals surface area (Å²) in [6.45, 7) is 3.50. The second-order valence-electron chi connectivity index (χ2n) is 2.14. The molecule has 0 amide bonds. The lowest BCUT2D eigenvalue weighted by Gasteiger charge is -2.18. The van der Waals surface area contributed by atoms with Gasteiger partial charge in [-0.2, -0.15) is 0 Å². The minimum absolute atomic E-state index is 0.0493. The molecule has 0 fully saturated rings. The number of nitrogens with two attached hydrogens (primary N) is 1. The molecule has 0 aromatic heterocycles. The molecule has 0 spiro atoms. The van der Waals surface area contributed by atoms with Crippen molar-refractivity contribution in [2.45, 2.75) is 18.6 Å². The van der Waals surface area contributed by atoms with E-state index in [-0.39, 0.29) is 18.8 Å². The summed E-state index contributed by atoms with van der Waals surface area (Å²) in [4.78, 5) is 0. The Bertz CT molecular complexity index is 95.6. The highest BCUT2D eigenvalue weighted by molar-refractivity contribution is 4.80. The monoisotopic (exact) mass is 145 g/mol. The molecule has 3 heteroatoms. The molecule has 2 atom stereocenters. The number of methoxy groups -OCH3 is 1. The van der Waals surface area contributed by atoms with Crippen molar-refractivity contribution < 1.29 is 9.84 Å². The SMILES string of the molecule is C=CC[C@@H](OC)[C@@H](N)CO. The molecule has 0 rings (SSSR count). The largest absolute Gasteiger partial charge is 0.395 e. The van der Waals surface area contributed by atoms with Crippen LogP contribution in [0, 0.1) is 0 Å². The molecule has 10 heavy (non-hydrogen) atoms. The molecule has 0 aliphatic rings. The average Bonchev–Trinajstić information content (AvgIpc) is 1.99. The van der Waals surface area contributed by atoms with Gasteiger partial charge in [0.25, 0.3) is 0 Å². The van der Waals surface area contributed by atoms with Gasteiger partial charge < -0.3 is 15.6 Å². The second kappa shape index (κ2) is 5.41. The zero-order valence-corrected chi connectivity index (χ0v) is 6.29. The van der Waals surface area contributed by atoms with Gasteiger partial charge in [-0.3, -0.25) is 0 Å². The minimum atomic E-state index is -0.303. The van der Waals surface area contributed by atoms with Crippen molar-refractivity contribution >= 4 is 0 Å². The third-order valence-corrected chi connectivity index (χ3v) is 1.39. The van der Waals surface area contributed by atoms with Gasteiger partial charge in [0.15, 0.2) is 0 Å². The lowest BCUT2D eigenvalue weighted by Crippen LogP contribution is -2.38. The van der Waals surface area contributed by atoms with Crippen molar-refractivity contribution in [2.75, 3.05) is 13.7 Å². The number of ether oxygens (including phenoxy) is 1. The van der Waals surface area contributed by atoms with E-state index < -0.39 is 0 Å². The first kappa shape index (κ1) is 9.62. The van der Waals surface area contributed by atoms with Gasteiger partial charge in [0.1, 0.15) is 0 Å². The lowest BCUT2D eigenvalue weighted by atomic mass is 10.1.